The number of halogens is 1. The van der Waals surface area contributed by atoms with Crippen LogP contribution in [0, 0.1) is 0 Å². The summed E-state index contributed by atoms with van der Waals surface area (Å²) in [6, 6.07) is 1.34. The highest BCUT2D eigenvalue weighted by molar-refractivity contribution is 6.33. The molecule has 0 unspecified atom stereocenters. The third kappa shape index (κ3) is 2.38. The van der Waals surface area contributed by atoms with Crippen molar-refractivity contribution in [2.24, 2.45) is 0 Å². The van der Waals surface area contributed by atoms with Gasteiger partial charge in [-0.15, -0.1) is 0 Å². The zero-order valence-corrected chi connectivity index (χ0v) is 10.5. The Balaban J connectivity index is 2.24. The van der Waals surface area contributed by atoms with Crippen molar-refractivity contribution in [1.29, 1.82) is 0 Å². The molecule has 1 aliphatic rings. The highest BCUT2D eigenvalue weighted by Crippen LogP contribution is 2.25. The van der Waals surface area contributed by atoms with Crippen LogP contribution in [0.1, 0.15) is 10.4 Å². The van der Waals surface area contributed by atoms with E-state index in [1.54, 1.807) is 16.8 Å². The van der Waals surface area contributed by atoms with Crippen molar-refractivity contribution in [2.75, 3.05) is 31.6 Å². The van der Waals surface area contributed by atoms with E-state index in [2.05, 4.69) is 4.98 Å². The molecule has 6 nitrogen and oxygen atoms in total. The fourth-order valence-corrected chi connectivity index (χ4v) is 2.01. The Morgan fingerprint density at radius 2 is 2.22 bits per heavy atom. The van der Waals surface area contributed by atoms with E-state index in [1.807, 2.05) is 0 Å². The maximum absolute atomic E-state index is 11.6. The van der Waals surface area contributed by atoms with Crippen LogP contribution in [0.15, 0.2) is 12.3 Å². The van der Waals surface area contributed by atoms with Gasteiger partial charge in [-0.1, -0.05) is 11.6 Å². The molecule has 1 fully saturated rings. The zero-order valence-electron chi connectivity index (χ0n) is 9.76. The SMILES string of the molecule is CN1CCN(c2ncc(C(=O)O)cc2Cl)CC1=O. The van der Waals surface area contributed by atoms with Crippen LogP contribution in [0.5, 0.6) is 0 Å². The first kappa shape index (κ1) is 12.6. The molecule has 96 valence electrons. The molecule has 1 aromatic heterocycles. The summed E-state index contributed by atoms with van der Waals surface area (Å²) < 4.78 is 0. The van der Waals surface area contributed by atoms with E-state index < -0.39 is 5.97 Å². The first-order valence-electron chi connectivity index (χ1n) is 5.37. The minimum absolute atomic E-state index is 0.0126. The average molecular weight is 270 g/mol. The van der Waals surface area contributed by atoms with Gasteiger partial charge >= 0.3 is 5.97 Å². The van der Waals surface area contributed by atoms with E-state index in [0.29, 0.717) is 18.9 Å². The highest BCUT2D eigenvalue weighted by atomic mass is 35.5. The van der Waals surface area contributed by atoms with Crippen LogP contribution in [0.2, 0.25) is 5.02 Å². The highest BCUT2D eigenvalue weighted by Gasteiger charge is 2.23. The largest absolute Gasteiger partial charge is 0.478 e. The molecule has 7 heteroatoms. The predicted molar refractivity (Wildman–Crippen MR) is 66.1 cm³/mol. The van der Waals surface area contributed by atoms with E-state index in [1.165, 1.54) is 12.3 Å². The van der Waals surface area contributed by atoms with Gasteiger partial charge in [0.25, 0.3) is 0 Å². The molecular formula is C11H12ClN3O3. The molecule has 1 N–H and O–H groups in total. The predicted octanol–water partition coefficient (Wildman–Crippen LogP) is 0.712. The molecule has 18 heavy (non-hydrogen) atoms. The van der Waals surface area contributed by atoms with E-state index in [9.17, 15) is 9.59 Å². The number of aromatic carboxylic acids is 1. The van der Waals surface area contributed by atoms with Crippen molar-refractivity contribution < 1.29 is 14.7 Å². The second-order valence-electron chi connectivity index (χ2n) is 4.07. The average Bonchev–Trinajstić information content (AvgIpc) is 2.32. The van der Waals surface area contributed by atoms with Gasteiger partial charge in [0.15, 0.2) is 0 Å². The standard InChI is InChI=1S/C11H12ClN3O3/c1-14-2-3-15(6-9(14)16)10-8(12)4-7(5-13-10)11(17)18/h4-5H,2-3,6H2,1H3,(H,17,18). The van der Waals surface area contributed by atoms with Crippen LogP contribution in [0.25, 0.3) is 0 Å². The lowest BCUT2D eigenvalue weighted by Crippen LogP contribution is -2.48. The maximum Gasteiger partial charge on any atom is 0.337 e. The number of hydrogen-bond acceptors (Lipinski definition) is 4. The number of anilines is 1. The number of rotatable bonds is 2. The molecule has 2 heterocycles. The van der Waals surface area contributed by atoms with Gasteiger partial charge < -0.3 is 14.9 Å². The summed E-state index contributed by atoms with van der Waals surface area (Å²) in [5, 5.41) is 9.06. The van der Waals surface area contributed by atoms with Gasteiger partial charge in [-0.3, -0.25) is 4.79 Å². The first-order chi connectivity index (χ1) is 8.49. The summed E-state index contributed by atoms with van der Waals surface area (Å²) in [5.74, 6) is -0.644. The van der Waals surface area contributed by atoms with Crippen molar-refractivity contribution >= 4 is 29.3 Å². The van der Waals surface area contributed by atoms with Crippen LogP contribution in [-0.4, -0.2) is 53.5 Å². The second-order valence-corrected chi connectivity index (χ2v) is 4.48. The molecule has 0 aromatic carbocycles. The molecule has 0 spiro atoms. The molecule has 2 rings (SSSR count). The Labute approximate surface area is 109 Å². The Hall–Kier alpha value is -1.82. The smallest absolute Gasteiger partial charge is 0.337 e. The van der Waals surface area contributed by atoms with Crippen LogP contribution in [0.4, 0.5) is 5.82 Å². The fourth-order valence-electron chi connectivity index (χ4n) is 1.72. The number of aromatic nitrogens is 1. The van der Waals surface area contributed by atoms with Crippen molar-refractivity contribution in [3.05, 3.63) is 22.8 Å². The number of nitrogens with zero attached hydrogens (tertiary/aromatic N) is 3. The molecule has 0 aliphatic carbocycles. The van der Waals surface area contributed by atoms with E-state index >= 15 is 0 Å². The summed E-state index contributed by atoms with van der Waals surface area (Å²) in [7, 11) is 1.74. The Bertz CT molecular complexity index is 506. The van der Waals surface area contributed by atoms with Crippen molar-refractivity contribution in [1.82, 2.24) is 9.88 Å². The molecule has 0 atom stereocenters. The minimum Gasteiger partial charge on any atom is -0.478 e. The van der Waals surface area contributed by atoms with Gasteiger partial charge in [-0.25, -0.2) is 9.78 Å². The molecule has 1 amide bonds. The van der Waals surface area contributed by atoms with E-state index in [4.69, 9.17) is 16.7 Å². The summed E-state index contributed by atoms with van der Waals surface area (Å²) >= 11 is 6.00. The normalized spacial score (nSPS) is 16.0. The van der Waals surface area contributed by atoms with Crippen LogP contribution >= 0.6 is 11.6 Å². The van der Waals surface area contributed by atoms with Crippen molar-refractivity contribution in [2.45, 2.75) is 0 Å². The van der Waals surface area contributed by atoms with E-state index in [-0.39, 0.29) is 23.0 Å². The number of amides is 1. The number of pyridine rings is 1. The monoisotopic (exact) mass is 269 g/mol. The van der Waals surface area contributed by atoms with Crippen molar-refractivity contribution in [3.63, 3.8) is 0 Å². The third-order valence-electron chi connectivity index (χ3n) is 2.83. The Morgan fingerprint density at radius 3 is 2.78 bits per heavy atom. The van der Waals surface area contributed by atoms with Crippen LogP contribution in [0.3, 0.4) is 0 Å². The molecule has 1 saturated heterocycles. The molecule has 0 radical (unpaired) electrons. The Kier molecular flexibility index (Phi) is 3.38. The van der Waals surface area contributed by atoms with Gasteiger partial charge in [0.1, 0.15) is 5.82 Å². The zero-order chi connectivity index (χ0) is 13.3. The number of carboxylic acids is 1. The second kappa shape index (κ2) is 4.81. The van der Waals surface area contributed by atoms with Gasteiger partial charge in [0.2, 0.25) is 5.91 Å². The summed E-state index contributed by atoms with van der Waals surface area (Å²) in [4.78, 5) is 29.8. The van der Waals surface area contributed by atoms with Crippen LogP contribution < -0.4 is 4.90 Å². The fraction of sp³-hybridized carbons (Fsp3) is 0.364. The van der Waals surface area contributed by atoms with Gasteiger partial charge in [0, 0.05) is 26.3 Å². The number of carbonyl (C=O) groups is 2. The molecule has 1 aromatic rings. The maximum atomic E-state index is 11.6. The lowest BCUT2D eigenvalue weighted by atomic mass is 10.2. The quantitative estimate of drug-likeness (QED) is 0.856. The summed E-state index contributed by atoms with van der Waals surface area (Å²) in [6.45, 7) is 1.43. The molecule has 0 saturated carbocycles. The minimum atomic E-state index is -1.08. The summed E-state index contributed by atoms with van der Waals surface area (Å²) in [5.41, 5.74) is 0.0317. The molecule has 1 aliphatic heterocycles. The summed E-state index contributed by atoms with van der Waals surface area (Å²) in [6.07, 6.45) is 1.24. The lowest BCUT2D eigenvalue weighted by Gasteiger charge is -2.33. The first-order valence-corrected chi connectivity index (χ1v) is 5.74. The third-order valence-corrected chi connectivity index (χ3v) is 3.10. The lowest BCUT2D eigenvalue weighted by molar-refractivity contribution is -0.129. The molecular weight excluding hydrogens is 258 g/mol. The molecule has 0 bridgehead atoms. The van der Waals surface area contributed by atoms with E-state index in [0.717, 1.165) is 0 Å². The number of hydrogen-bond donors (Lipinski definition) is 1. The topological polar surface area (TPSA) is 73.7 Å². The Morgan fingerprint density at radius 1 is 1.50 bits per heavy atom. The van der Waals surface area contributed by atoms with Gasteiger partial charge in [0.05, 0.1) is 17.1 Å². The number of carbonyl (C=O) groups excluding carboxylic acids is 1. The number of carboxylic acid groups (broad SMARTS) is 1. The number of piperazine rings is 1. The van der Waals surface area contributed by atoms with Gasteiger partial charge in [-0.2, -0.15) is 0 Å². The van der Waals surface area contributed by atoms with Crippen LogP contribution in [-0.2, 0) is 4.79 Å². The number of likely N-dealkylation sites (N-methyl/N-ethyl adjacent to an activating group) is 1. The van der Waals surface area contributed by atoms with Crippen molar-refractivity contribution in [3.8, 4) is 0 Å². The van der Waals surface area contributed by atoms with Gasteiger partial charge in [-0.05, 0) is 6.07 Å².